The molecule has 1 atom stereocenters. The summed E-state index contributed by atoms with van der Waals surface area (Å²) in [4.78, 5) is 0. The lowest BCUT2D eigenvalue weighted by Crippen LogP contribution is -2.21. The average Bonchev–Trinajstić information content (AvgIpc) is 2.85. The summed E-state index contributed by atoms with van der Waals surface area (Å²) >= 11 is 0. The molecule has 0 aliphatic rings. The molecule has 1 aromatic heterocycles. The lowest BCUT2D eigenvalue weighted by molar-refractivity contribution is 0.0784. The van der Waals surface area contributed by atoms with Crippen LogP contribution in [0.3, 0.4) is 0 Å². The van der Waals surface area contributed by atoms with Gasteiger partial charge < -0.3 is 9.52 Å². The molecule has 20 heavy (non-hydrogen) atoms. The van der Waals surface area contributed by atoms with Crippen molar-refractivity contribution in [3.8, 4) is 0 Å². The molecular formula is C17H15FO2. The normalized spacial score (nSPS) is 14.4. The van der Waals surface area contributed by atoms with Gasteiger partial charge in [0.15, 0.2) is 11.4 Å². The quantitative estimate of drug-likeness (QED) is 0.759. The second-order valence-corrected chi connectivity index (χ2v) is 5.21. The van der Waals surface area contributed by atoms with Crippen LogP contribution in [-0.4, -0.2) is 5.11 Å². The summed E-state index contributed by atoms with van der Waals surface area (Å²) in [5.74, 6) is -0.0880. The molecule has 2 aromatic carbocycles. The van der Waals surface area contributed by atoms with Gasteiger partial charge in [0.25, 0.3) is 0 Å². The Bertz CT molecular complexity index is 754. The van der Waals surface area contributed by atoms with Gasteiger partial charge in [0, 0.05) is 5.39 Å². The van der Waals surface area contributed by atoms with E-state index in [0.717, 1.165) is 5.56 Å². The third-order valence-electron chi connectivity index (χ3n) is 3.59. The minimum Gasteiger partial charge on any atom is -0.455 e. The van der Waals surface area contributed by atoms with Crippen LogP contribution >= 0.6 is 0 Å². The van der Waals surface area contributed by atoms with Crippen LogP contribution in [0.15, 0.2) is 52.9 Å². The van der Waals surface area contributed by atoms with Gasteiger partial charge in [0.1, 0.15) is 11.4 Å². The summed E-state index contributed by atoms with van der Waals surface area (Å²) in [5.41, 5.74) is 0.705. The number of para-hydroxylation sites is 1. The van der Waals surface area contributed by atoms with E-state index in [9.17, 15) is 9.50 Å². The number of hydrogen-bond acceptors (Lipinski definition) is 2. The minimum atomic E-state index is -1.29. The molecule has 1 heterocycles. The van der Waals surface area contributed by atoms with E-state index in [2.05, 4.69) is 0 Å². The molecule has 0 aliphatic carbocycles. The summed E-state index contributed by atoms with van der Waals surface area (Å²) in [6.07, 6.45) is 0. The summed E-state index contributed by atoms with van der Waals surface area (Å²) in [6, 6.07) is 13.9. The van der Waals surface area contributed by atoms with Crippen LogP contribution in [-0.2, 0) is 5.60 Å². The Morgan fingerprint density at radius 3 is 2.45 bits per heavy atom. The van der Waals surface area contributed by atoms with Gasteiger partial charge in [-0.25, -0.2) is 4.39 Å². The van der Waals surface area contributed by atoms with Gasteiger partial charge in [-0.3, -0.25) is 0 Å². The van der Waals surface area contributed by atoms with Crippen molar-refractivity contribution in [3.05, 3.63) is 71.2 Å². The fourth-order valence-corrected chi connectivity index (χ4v) is 2.29. The highest BCUT2D eigenvalue weighted by Gasteiger charge is 2.30. The molecule has 2 nitrogen and oxygen atoms in total. The zero-order valence-electron chi connectivity index (χ0n) is 11.4. The fraction of sp³-hybridized carbons (Fsp3) is 0.176. The topological polar surface area (TPSA) is 33.4 Å². The first-order chi connectivity index (χ1) is 9.48. The van der Waals surface area contributed by atoms with Crippen LogP contribution in [0, 0.1) is 12.7 Å². The SMILES string of the molecule is Cc1ccc(C(C)(O)c2cc3cccc(F)c3o2)cc1. The van der Waals surface area contributed by atoms with E-state index in [1.807, 2.05) is 31.2 Å². The predicted octanol–water partition coefficient (Wildman–Crippen LogP) is 4.14. The second kappa shape index (κ2) is 4.46. The van der Waals surface area contributed by atoms with E-state index in [-0.39, 0.29) is 5.58 Å². The molecule has 0 saturated heterocycles. The van der Waals surface area contributed by atoms with E-state index >= 15 is 0 Å². The molecule has 0 radical (unpaired) electrons. The zero-order valence-corrected chi connectivity index (χ0v) is 11.4. The zero-order chi connectivity index (χ0) is 14.3. The molecule has 0 fully saturated rings. The van der Waals surface area contributed by atoms with Crippen molar-refractivity contribution in [2.75, 3.05) is 0 Å². The lowest BCUT2D eigenvalue weighted by atomic mass is 9.92. The summed E-state index contributed by atoms with van der Waals surface area (Å²) < 4.78 is 19.2. The van der Waals surface area contributed by atoms with Crippen molar-refractivity contribution in [1.82, 2.24) is 0 Å². The molecule has 1 N–H and O–H groups in total. The van der Waals surface area contributed by atoms with Crippen molar-refractivity contribution < 1.29 is 13.9 Å². The third kappa shape index (κ3) is 2.00. The summed E-state index contributed by atoms with van der Waals surface area (Å²) in [5, 5.41) is 11.4. The number of halogens is 1. The van der Waals surface area contributed by atoms with Crippen molar-refractivity contribution in [3.63, 3.8) is 0 Å². The molecule has 3 rings (SSSR count). The second-order valence-electron chi connectivity index (χ2n) is 5.21. The number of fused-ring (bicyclic) bond motifs is 1. The standard InChI is InChI=1S/C17H15FO2/c1-11-6-8-13(9-7-11)17(2,19)15-10-12-4-3-5-14(18)16(12)20-15/h3-10,19H,1-2H3. The molecule has 0 saturated carbocycles. The molecule has 3 heteroatoms. The molecule has 102 valence electrons. The number of furan rings is 1. The van der Waals surface area contributed by atoms with E-state index in [0.29, 0.717) is 16.7 Å². The molecule has 3 aromatic rings. The molecular weight excluding hydrogens is 255 g/mol. The fourth-order valence-electron chi connectivity index (χ4n) is 2.29. The molecule has 1 unspecified atom stereocenters. The average molecular weight is 270 g/mol. The molecule has 0 amide bonds. The third-order valence-corrected chi connectivity index (χ3v) is 3.59. The Kier molecular flexibility index (Phi) is 2.87. The van der Waals surface area contributed by atoms with Gasteiger partial charge in [0.2, 0.25) is 0 Å². The summed E-state index contributed by atoms with van der Waals surface area (Å²) in [6.45, 7) is 3.63. The van der Waals surface area contributed by atoms with Crippen LogP contribution in [0.1, 0.15) is 23.8 Å². The first-order valence-corrected chi connectivity index (χ1v) is 6.46. The monoisotopic (exact) mass is 270 g/mol. The van der Waals surface area contributed by atoms with Crippen molar-refractivity contribution in [2.24, 2.45) is 0 Å². The highest BCUT2D eigenvalue weighted by Crippen LogP contribution is 2.34. The van der Waals surface area contributed by atoms with E-state index in [1.54, 1.807) is 25.1 Å². The highest BCUT2D eigenvalue weighted by atomic mass is 19.1. The van der Waals surface area contributed by atoms with Crippen molar-refractivity contribution in [1.29, 1.82) is 0 Å². The Balaban J connectivity index is 2.13. The van der Waals surface area contributed by atoms with Gasteiger partial charge in [-0.2, -0.15) is 0 Å². The van der Waals surface area contributed by atoms with Gasteiger partial charge in [-0.05, 0) is 31.5 Å². The molecule has 0 bridgehead atoms. The number of aliphatic hydroxyl groups is 1. The van der Waals surface area contributed by atoms with Crippen LogP contribution in [0.25, 0.3) is 11.0 Å². The van der Waals surface area contributed by atoms with Crippen LogP contribution in [0.2, 0.25) is 0 Å². The van der Waals surface area contributed by atoms with Crippen LogP contribution < -0.4 is 0 Å². The maximum absolute atomic E-state index is 13.7. The van der Waals surface area contributed by atoms with Gasteiger partial charge >= 0.3 is 0 Å². The highest BCUT2D eigenvalue weighted by molar-refractivity contribution is 5.78. The number of hydrogen-bond donors (Lipinski definition) is 1. The van der Waals surface area contributed by atoms with Crippen LogP contribution in [0.4, 0.5) is 4.39 Å². The summed E-state index contributed by atoms with van der Waals surface area (Å²) in [7, 11) is 0. The van der Waals surface area contributed by atoms with E-state index in [1.165, 1.54) is 6.07 Å². The van der Waals surface area contributed by atoms with E-state index < -0.39 is 11.4 Å². The Labute approximate surface area is 116 Å². The number of benzene rings is 2. The predicted molar refractivity (Wildman–Crippen MR) is 76.0 cm³/mol. The Morgan fingerprint density at radius 1 is 1.10 bits per heavy atom. The first kappa shape index (κ1) is 12.9. The van der Waals surface area contributed by atoms with Crippen LogP contribution in [0.5, 0.6) is 0 Å². The van der Waals surface area contributed by atoms with Crippen molar-refractivity contribution >= 4 is 11.0 Å². The smallest absolute Gasteiger partial charge is 0.170 e. The Hall–Kier alpha value is -2.13. The van der Waals surface area contributed by atoms with Crippen molar-refractivity contribution in [2.45, 2.75) is 19.4 Å². The first-order valence-electron chi connectivity index (χ1n) is 6.46. The largest absolute Gasteiger partial charge is 0.455 e. The lowest BCUT2D eigenvalue weighted by Gasteiger charge is -2.21. The van der Waals surface area contributed by atoms with Gasteiger partial charge in [-0.1, -0.05) is 42.0 Å². The van der Waals surface area contributed by atoms with Gasteiger partial charge in [0.05, 0.1) is 0 Å². The Morgan fingerprint density at radius 2 is 1.80 bits per heavy atom. The van der Waals surface area contributed by atoms with E-state index in [4.69, 9.17) is 4.42 Å². The number of rotatable bonds is 2. The number of aryl methyl sites for hydroxylation is 1. The van der Waals surface area contributed by atoms with Gasteiger partial charge in [-0.15, -0.1) is 0 Å². The molecule has 0 aliphatic heterocycles. The minimum absolute atomic E-state index is 0.176. The maximum atomic E-state index is 13.7. The maximum Gasteiger partial charge on any atom is 0.170 e. The molecule has 0 spiro atoms.